The van der Waals surface area contributed by atoms with E-state index in [-0.39, 0.29) is 12.5 Å². The molecule has 0 aliphatic heterocycles. The van der Waals surface area contributed by atoms with Crippen molar-refractivity contribution in [2.45, 2.75) is 11.8 Å². The van der Waals surface area contributed by atoms with Crippen LogP contribution in [0.4, 0.5) is 5.69 Å². The smallest absolute Gasteiger partial charge is 0.262 e. The van der Waals surface area contributed by atoms with Crippen LogP contribution in [-0.2, 0) is 4.79 Å². The maximum Gasteiger partial charge on any atom is 0.262 e. The van der Waals surface area contributed by atoms with Crippen molar-refractivity contribution in [1.82, 2.24) is 0 Å². The maximum atomic E-state index is 12.0. The maximum absolute atomic E-state index is 12.0. The van der Waals surface area contributed by atoms with E-state index in [0.717, 1.165) is 22.2 Å². The summed E-state index contributed by atoms with van der Waals surface area (Å²) in [7, 11) is 0. The van der Waals surface area contributed by atoms with Gasteiger partial charge >= 0.3 is 0 Å². The quantitative estimate of drug-likeness (QED) is 0.604. The van der Waals surface area contributed by atoms with E-state index >= 15 is 0 Å². The largest absolute Gasteiger partial charge is 0.482 e. The van der Waals surface area contributed by atoms with Gasteiger partial charge in [-0.1, -0.05) is 23.2 Å². The molecular weight excluding hydrogens is 355 g/mol. The number of halogens is 2. The first-order valence-electron chi connectivity index (χ1n) is 6.54. The van der Waals surface area contributed by atoms with Crippen LogP contribution in [-0.4, -0.2) is 12.5 Å². The molecule has 0 heterocycles. The lowest BCUT2D eigenvalue weighted by molar-refractivity contribution is -0.118. The number of amides is 1. The van der Waals surface area contributed by atoms with Gasteiger partial charge in [0.2, 0.25) is 0 Å². The molecule has 0 fully saturated rings. The average molecular weight is 367 g/mol. The minimum atomic E-state index is -0.306. The number of carbonyl (C=O) groups is 1. The number of benzene rings is 2. The molecule has 118 valence electrons. The molecule has 1 amide bonds. The number of nitrogens with zero attached hydrogens (tertiary/aromatic N) is 1. The molecule has 0 unspecified atom stereocenters. The van der Waals surface area contributed by atoms with Gasteiger partial charge < -0.3 is 10.1 Å². The summed E-state index contributed by atoms with van der Waals surface area (Å²) in [5, 5.41) is 14.3. The molecule has 23 heavy (non-hydrogen) atoms. The summed E-state index contributed by atoms with van der Waals surface area (Å²) < 4.78 is 5.38. The van der Waals surface area contributed by atoms with Gasteiger partial charge in [-0.3, -0.25) is 4.79 Å². The molecule has 0 aromatic heterocycles. The lowest BCUT2D eigenvalue weighted by atomic mass is 10.2. The summed E-state index contributed by atoms with van der Waals surface area (Å²) >= 11 is 12.8. The van der Waals surface area contributed by atoms with E-state index in [9.17, 15) is 4.79 Å². The summed E-state index contributed by atoms with van der Waals surface area (Å²) in [5.74, 6) is 0.0866. The van der Waals surface area contributed by atoms with E-state index in [1.165, 1.54) is 0 Å². The fourth-order valence-corrected chi connectivity index (χ4v) is 2.75. The Morgan fingerprint density at radius 2 is 2.09 bits per heavy atom. The molecule has 0 bridgehead atoms. The van der Waals surface area contributed by atoms with Crippen LogP contribution in [0.1, 0.15) is 5.56 Å². The predicted octanol–water partition coefficient (Wildman–Crippen LogP) is 4.89. The third-order valence-corrected chi connectivity index (χ3v) is 4.00. The van der Waals surface area contributed by atoms with Crippen molar-refractivity contribution < 1.29 is 9.53 Å². The third-order valence-electron chi connectivity index (χ3n) is 2.89. The fourth-order valence-electron chi connectivity index (χ4n) is 1.81. The highest BCUT2D eigenvalue weighted by atomic mass is 35.5. The van der Waals surface area contributed by atoms with E-state index in [4.69, 9.17) is 33.2 Å². The van der Waals surface area contributed by atoms with Crippen molar-refractivity contribution in [2.75, 3.05) is 11.9 Å². The van der Waals surface area contributed by atoms with Crippen LogP contribution >= 0.6 is 35.0 Å². The molecule has 7 heteroatoms. The van der Waals surface area contributed by atoms with Gasteiger partial charge in [0.15, 0.2) is 6.61 Å². The van der Waals surface area contributed by atoms with Crippen molar-refractivity contribution in [2.24, 2.45) is 0 Å². The molecule has 0 saturated heterocycles. The standard InChI is InChI=1S/C16H12Cl2N2O2S/c1-10-6-12(23-9-19)3-4-14(10)20-16(21)8-22-15-5-2-11(17)7-13(15)18/h2-7H,8H2,1H3,(H,20,21). The first kappa shape index (κ1) is 17.5. The highest BCUT2D eigenvalue weighted by Crippen LogP contribution is 2.27. The number of carbonyl (C=O) groups excluding carboxylic acids is 1. The zero-order chi connectivity index (χ0) is 16.8. The van der Waals surface area contributed by atoms with Crippen molar-refractivity contribution in [3.8, 4) is 11.2 Å². The second-order valence-electron chi connectivity index (χ2n) is 4.58. The van der Waals surface area contributed by atoms with E-state index in [0.29, 0.717) is 21.5 Å². The summed E-state index contributed by atoms with van der Waals surface area (Å²) in [5.41, 5.74) is 1.53. The van der Waals surface area contributed by atoms with Crippen LogP contribution in [0.5, 0.6) is 5.75 Å². The molecule has 0 spiro atoms. The number of thioether (sulfide) groups is 1. The van der Waals surface area contributed by atoms with Crippen LogP contribution < -0.4 is 10.1 Å². The van der Waals surface area contributed by atoms with Crippen molar-refractivity contribution in [1.29, 1.82) is 5.26 Å². The second kappa shape index (κ2) is 8.11. The van der Waals surface area contributed by atoms with Crippen molar-refractivity contribution >= 4 is 46.6 Å². The molecule has 0 radical (unpaired) electrons. The molecule has 1 N–H and O–H groups in total. The van der Waals surface area contributed by atoms with Crippen molar-refractivity contribution in [3.05, 3.63) is 52.0 Å². The zero-order valence-electron chi connectivity index (χ0n) is 12.1. The number of thiocyanates is 1. The number of aryl methyl sites for hydroxylation is 1. The number of hydrogen-bond donors (Lipinski definition) is 1. The average Bonchev–Trinajstić information content (AvgIpc) is 2.49. The normalized spacial score (nSPS) is 10.0. The number of rotatable bonds is 5. The summed E-state index contributed by atoms with van der Waals surface area (Å²) in [6, 6.07) is 10.1. The Balaban J connectivity index is 1.96. The first-order valence-corrected chi connectivity index (χ1v) is 8.11. The number of hydrogen-bond acceptors (Lipinski definition) is 4. The Morgan fingerprint density at radius 3 is 2.74 bits per heavy atom. The minimum Gasteiger partial charge on any atom is -0.482 e. The molecule has 2 rings (SSSR count). The van der Waals surface area contributed by atoms with Gasteiger partial charge in [0.1, 0.15) is 11.2 Å². The molecular formula is C16H12Cl2N2O2S. The van der Waals surface area contributed by atoms with Crippen LogP contribution in [0, 0.1) is 17.6 Å². The Morgan fingerprint density at radius 1 is 1.30 bits per heavy atom. The molecule has 0 atom stereocenters. The van der Waals surface area contributed by atoms with Gasteiger partial charge in [-0.25, -0.2) is 0 Å². The summed E-state index contributed by atoms with van der Waals surface area (Å²) in [6.07, 6.45) is 0. The Hall–Kier alpha value is -1.87. The molecule has 0 aliphatic carbocycles. The third kappa shape index (κ3) is 5.07. The van der Waals surface area contributed by atoms with Gasteiger partial charge in [0.25, 0.3) is 5.91 Å². The lowest BCUT2D eigenvalue weighted by Crippen LogP contribution is -2.20. The number of nitrogens with one attached hydrogen (secondary N) is 1. The van der Waals surface area contributed by atoms with Crippen LogP contribution in [0.15, 0.2) is 41.3 Å². The van der Waals surface area contributed by atoms with Crippen molar-refractivity contribution in [3.63, 3.8) is 0 Å². The van der Waals surface area contributed by atoms with E-state index in [1.807, 2.05) is 18.4 Å². The number of nitriles is 1. The second-order valence-corrected chi connectivity index (χ2v) is 6.28. The van der Waals surface area contributed by atoms with Crippen LogP contribution in [0.25, 0.3) is 0 Å². The molecule has 0 saturated carbocycles. The van der Waals surface area contributed by atoms with Crippen LogP contribution in [0.3, 0.4) is 0 Å². The fraction of sp³-hybridized carbons (Fsp3) is 0.125. The van der Waals surface area contributed by atoms with Gasteiger partial charge in [-0.05, 0) is 60.6 Å². The Kier molecular flexibility index (Phi) is 6.17. The highest BCUT2D eigenvalue weighted by Gasteiger charge is 2.09. The van der Waals surface area contributed by atoms with E-state index < -0.39 is 0 Å². The van der Waals surface area contributed by atoms with E-state index in [1.54, 1.807) is 30.3 Å². The minimum absolute atomic E-state index is 0.171. The van der Waals surface area contributed by atoms with Gasteiger partial charge in [-0.15, -0.1) is 0 Å². The number of ether oxygens (including phenoxy) is 1. The highest BCUT2D eigenvalue weighted by molar-refractivity contribution is 8.03. The van der Waals surface area contributed by atoms with E-state index in [2.05, 4.69) is 5.32 Å². The molecule has 2 aromatic carbocycles. The number of anilines is 1. The molecule has 4 nitrogen and oxygen atoms in total. The topological polar surface area (TPSA) is 62.1 Å². The van der Waals surface area contributed by atoms with Gasteiger partial charge in [-0.2, -0.15) is 5.26 Å². The zero-order valence-corrected chi connectivity index (χ0v) is 14.4. The SMILES string of the molecule is Cc1cc(SC#N)ccc1NC(=O)COc1ccc(Cl)cc1Cl. The van der Waals surface area contributed by atoms with Crippen LogP contribution in [0.2, 0.25) is 10.0 Å². The Bertz CT molecular complexity index is 775. The first-order chi connectivity index (χ1) is 11.0. The summed E-state index contributed by atoms with van der Waals surface area (Å²) in [6.45, 7) is 1.68. The predicted molar refractivity (Wildman–Crippen MR) is 93.2 cm³/mol. The monoisotopic (exact) mass is 366 g/mol. The molecule has 2 aromatic rings. The van der Waals surface area contributed by atoms with Gasteiger partial charge in [0.05, 0.1) is 5.02 Å². The van der Waals surface area contributed by atoms with Gasteiger partial charge in [0, 0.05) is 15.6 Å². The summed E-state index contributed by atoms with van der Waals surface area (Å²) in [4.78, 5) is 12.8. The lowest BCUT2D eigenvalue weighted by Gasteiger charge is -2.11. The Labute approximate surface area is 148 Å². The molecule has 0 aliphatic rings.